The fourth-order valence-corrected chi connectivity index (χ4v) is 4.14. The number of hydrogen-bond donors (Lipinski definition) is 1. The first-order chi connectivity index (χ1) is 11.6. The van der Waals surface area contributed by atoms with Crippen LogP contribution in [0.3, 0.4) is 0 Å². The Morgan fingerprint density at radius 3 is 2.71 bits per heavy atom. The number of likely N-dealkylation sites (tertiary alicyclic amines) is 1. The molecule has 0 saturated carbocycles. The van der Waals surface area contributed by atoms with Crippen molar-refractivity contribution in [3.05, 3.63) is 42.5 Å². The van der Waals surface area contributed by atoms with Gasteiger partial charge in [-0.3, -0.25) is 9.59 Å². The van der Waals surface area contributed by atoms with Crippen molar-refractivity contribution >= 4 is 34.4 Å². The third kappa shape index (κ3) is 3.56. The molecule has 1 heterocycles. The quantitative estimate of drug-likeness (QED) is 0.861. The number of carbonyl (C=O) groups is 2. The first kappa shape index (κ1) is 16.8. The van der Waals surface area contributed by atoms with Gasteiger partial charge < -0.3 is 10.0 Å². The zero-order valence-corrected chi connectivity index (χ0v) is 14.5. The van der Waals surface area contributed by atoms with E-state index in [2.05, 4.69) is 24.3 Å². The number of carboxylic acid groups (broad SMARTS) is 1. The van der Waals surface area contributed by atoms with Crippen LogP contribution in [0.15, 0.2) is 47.4 Å². The highest BCUT2D eigenvalue weighted by Gasteiger charge is 2.35. The van der Waals surface area contributed by atoms with Crippen LogP contribution in [0.4, 0.5) is 0 Å². The lowest BCUT2D eigenvalue weighted by Gasteiger charge is -2.37. The molecule has 2 aromatic rings. The highest BCUT2D eigenvalue weighted by atomic mass is 32.2. The Labute approximate surface area is 145 Å². The Kier molecular flexibility index (Phi) is 5.09. The molecule has 1 amide bonds. The molecule has 1 fully saturated rings. The van der Waals surface area contributed by atoms with Gasteiger partial charge >= 0.3 is 5.97 Å². The SMILES string of the molecule is C[C@@H]1[C@H](C(=O)O)CCCN1C(=O)CSc1ccc2ccccc2c1. The van der Waals surface area contributed by atoms with Gasteiger partial charge in [0.05, 0.1) is 11.7 Å². The maximum Gasteiger partial charge on any atom is 0.308 e. The molecule has 1 N–H and O–H groups in total. The number of nitrogens with zero attached hydrogens (tertiary/aromatic N) is 1. The van der Waals surface area contributed by atoms with Crippen molar-refractivity contribution in [2.75, 3.05) is 12.3 Å². The minimum Gasteiger partial charge on any atom is -0.481 e. The van der Waals surface area contributed by atoms with Crippen molar-refractivity contribution in [1.29, 1.82) is 0 Å². The Morgan fingerprint density at radius 2 is 1.96 bits per heavy atom. The fourth-order valence-electron chi connectivity index (χ4n) is 3.31. The number of amides is 1. The van der Waals surface area contributed by atoms with Crippen molar-refractivity contribution in [3.63, 3.8) is 0 Å². The Bertz CT molecular complexity index is 761. The van der Waals surface area contributed by atoms with Gasteiger partial charge in [0.2, 0.25) is 5.91 Å². The van der Waals surface area contributed by atoms with Crippen molar-refractivity contribution in [2.45, 2.75) is 30.7 Å². The molecular weight excluding hydrogens is 322 g/mol. The standard InChI is InChI=1S/C19H21NO3S/c1-13-17(19(22)23)7-4-10-20(13)18(21)12-24-16-9-8-14-5-2-3-6-15(14)11-16/h2-3,5-6,8-9,11,13,17H,4,7,10,12H2,1H3,(H,22,23)/t13-,17-/m1/s1. The van der Waals surface area contributed by atoms with Crippen molar-refractivity contribution in [1.82, 2.24) is 4.90 Å². The molecule has 0 aliphatic carbocycles. The van der Waals surface area contributed by atoms with Crippen LogP contribution in [0.5, 0.6) is 0 Å². The number of fused-ring (bicyclic) bond motifs is 1. The molecule has 1 aliphatic rings. The topological polar surface area (TPSA) is 57.6 Å². The molecule has 5 heteroatoms. The zero-order valence-electron chi connectivity index (χ0n) is 13.6. The number of rotatable bonds is 4. The number of piperidine rings is 1. The summed E-state index contributed by atoms with van der Waals surface area (Å²) in [5.41, 5.74) is 0. The first-order valence-corrected chi connectivity index (χ1v) is 9.18. The third-order valence-corrected chi connectivity index (χ3v) is 5.69. The number of thioether (sulfide) groups is 1. The van der Waals surface area contributed by atoms with Gasteiger partial charge in [-0.25, -0.2) is 0 Å². The summed E-state index contributed by atoms with van der Waals surface area (Å²) in [7, 11) is 0. The summed E-state index contributed by atoms with van der Waals surface area (Å²) in [4.78, 5) is 26.6. The van der Waals surface area contributed by atoms with E-state index in [0.717, 1.165) is 16.7 Å². The van der Waals surface area contributed by atoms with Crippen LogP contribution in [0.1, 0.15) is 19.8 Å². The number of aliphatic carboxylic acids is 1. The molecule has 126 valence electrons. The Balaban J connectivity index is 1.64. The minimum absolute atomic E-state index is 0.0200. The largest absolute Gasteiger partial charge is 0.481 e. The van der Waals surface area contributed by atoms with Crippen molar-refractivity contribution in [2.24, 2.45) is 5.92 Å². The highest BCUT2D eigenvalue weighted by molar-refractivity contribution is 8.00. The monoisotopic (exact) mass is 343 g/mol. The molecule has 3 rings (SSSR count). The molecule has 0 radical (unpaired) electrons. The predicted octanol–water partition coefficient (Wildman–Crippen LogP) is 3.64. The van der Waals surface area contributed by atoms with Gasteiger partial charge in [-0.15, -0.1) is 11.8 Å². The number of carbonyl (C=O) groups excluding carboxylic acids is 1. The van der Waals surface area contributed by atoms with Crippen LogP contribution in [-0.2, 0) is 9.59 Å². The normalized spacial score (nSPS) is 21.0. The predicted molar refractivity (Wildman–Crippen MR) is 96.2 cm³/mol. The lowest BCUT2D eigenvalue weighted by molar-refractivity contribution is -0.148. The van der Waals surface area contributed by atoms with Gasteiger partial charge in [-0.1, -0.05) is 30.3 Å². The maximum atomic E-state index is 12.5. The second kappa shape index (κ2) is 7.26. The summed E-state index contributed by atoms with van der Waals surface area (Å²) in [6, 6.07) is 14.1. The van der Waals surface area contributed by atoms with Crippen LogP contribution in [0.2, 0.25) is 0 Å². The number of benzene rings is 2. The summed E-state index contributed by atoms with van der Waals surface area (Å²) in [6.45, 7) is 2.50. The zero-order chi connectivity index (χ0) is 17.1. The summed E-state index contributed by atoms with van der Waals surface area (Å²) in [5, 5.41) is 11.6. The van der Waals surface area contributed by atoms with Crippen LogP contribution >= 0.6 is 11.8 Å². The second-order valence-corrected chi connectivity index (χ2v) is 7.26. The Morgan fingerprint density at radius 1 is 1.21 bits per heavy atom. The first-order valence-electron chi connectivity index (χ1n) is 8.20. The summed E-state index contributed by atoms with van der Waals surface area (Å²) in [6.07, 6.45) is 1.41. The van der Waals surface area contributed by atoms with Gasteiger partial charge in [0.15, 0.2) is 0 Å². The molecule has 0 aromatic heterocycles. The van der Waals surface area contributed by atoms with Crippen LogP contribution in [0.25, 0.3) is 10.8 Å². The molecule has 0 bridgehead atoms. The summed E-state index contributed by atoms with van der Waals surface area (Å²) < 4.78 is 0. The lowest BCUT2D eigenvalue weighted by Crippen LogP contribution is -2.49. The highest BCUT2D eigenvalue weighted by Crippen LogP contribution is 2.27. The number of carboxylic acids is 1. The average molecular weight is 343 g/mol. The molecule has 2 aromatic carbocycles. The van der Waals surface area contributed by atoms with Crippen LogP contribution < -0.4 is 0 Å². The molecule has 1 saturated heterocycles. The van der Waals surface area contributed by atoms with Gasteiger partial charge in [-0.2, -0.15) is 0 Å². The van der Waals surface area contributed by atoms with Gasteiger partial charge in [-0.05, 0) is 42.7 Å². The van der Waals surface area contributed by atoms with E-state index in [1.54, 1.807) is 4.90 Å². The van der Waals surface area contributed by atoms with E-state index in [1.807, 2.05) is 25.1 Å². The average Bonchev–Trinajstić information content (AvgIpc) is 2.59. The summed E-state index contributed by atoms with van der Waals surface area (Å²) in [5.74, 6) is -0.892. The van der Waals surface area contributed by atoms with Gasteiger partial charge in [0, 0.05) is 17.5 Å². The minimum atomic E-state index is -0.804. The van der Waals surface area contributed by atoms with E-state index in [9.17, 15) is 14.7 Å². The molecule has 4 nitrogen and oxygen atoms in total. The van der Waals surface area contributed by atoms with E-state index in [1.165, 1.54) is 17.1 Å². The number of hydrogen-bond acceptors (Lipinski definition) is 3. The molecule has 0 spiro atoms. The third-order valence-electron chi connectivity index (χ3n) is 4.71. The molecule has 0 unspecified atom stereocenters. The molecule has 1 aliphatic heterocycles. The lowest BCUT2D eigenvalue weighted by atomic mass is 9.90. The Hall–Kier alpha value is -2.01. The molecule has 24 heavy (non-hydrogen) atoms. The second-order valence-electron chi connectivity index (χ2n) is 6.21. The molecular formula is C19H21NO3S. The maximum absolute atomic E-state index is 12.5. The molecule has 2 atom stereocenters. The van der Waals surface area contributed by atoms with Crippen LogP contribution in [-0.4, -0.2) is 40.2 Å². The van der Waals surface area contributed by atoms with E-state index in [4.69, 9.17) is 0 Å². The van der Waals surface area contributed by atoms with Crippen molar-refractivity contribution in [3.8, 4) is 0 Å². The fraction of sp³-hybridized carbons (Fsp3) is 0.368. The van der Waals surface area contributed by atoms with Gasteiger partial charge in [0.25, 0.3) is 0 Å². The smallest absolute Gasteiger partial charge is 0.308 e. The van der Waals surface area contributed by atoms with E-state index < -0.39 is 11.9 Å². The van der Waals surface area contributed by atoms with Crippen molar-refractivity contribution < 1.29 is 14.7 Å². The van der Waals surface area contributed by atoms with Gasteiger partial charge in [0.1, 0.15) is 0 Å². The van der Waals surface area contributed by atoms with E-state index >= 15 is 0 Å². The van der Waals surface area contributed by atoms with E-state index in [-0.39, 0.29) is 11.9 Å². The summed E-state index contributed by atoms with van der Waals surface area (Å²) >= 11 is 1.51. The van der Waals surface area contributed by atoms with E-state index in [0.29, 0.717) is 18.7 Å². The van der Waals surface area contributed by atoms with Crippen LogP contribution in [0, 0.1) is 5.92 Å².